The van der Waals surface area contributed by atoms with Crippen LogP contribution in [0, 0.1) is 0 Å². The first-order valence-corrected chi connectivity index (χ1v) is 7.39. The lowest BCUT2D eigenvalue weighted by Gasteiger charge is -2.14. The molecule has 0 radical (unpaired) electrons. The number of anilines is 1. The standard InChI is InChI=1S/C18H19N3O3/c1-22-13-9-12(10-14(23-2)17(13)24-3)16-15(20-18(19)21-16)11-7-5-4-6-8-11/h4-10H,1-3H3,(H3,19,20,21). The maximum absolute atomic E-state index is 5.90. The van der Waals surface area contributed by atoms with Gasteiger partial charge in [0, 0.05) is 11.1 Å². The largest absolute Gasteiger partial charge is 0.493 e. The van der Waals surface area contributed by atoms with Crippen molar-refractivity contribution in [3.63, 3.8) is 0 Å². The van der Waals surface area contributed by atoms with Gasteiger partial charge >= 0.3 is 0 Å². The van der Waals surface area contributed by atoms with Crippen LogP contribution in [0.2, 0.25) is 0 Å². The SMILES string of the molecule is COc1cc(-c2nc(N)[nH]c2-c2ccccc2)cc(OC)c1OC. The predicted octanol–water partition coefficient (Wildman–Crippen LogP) is 3.35. The molecule has 0 saturated carbocycles. The molecule has 1 aromatic heterocycles. The Bertz CT molecular complexity index is 819. The molecule has 0 saturated heterocycles. The highest BCUT2D eigenvalue weighted by atomic mass is 16.5. The average Bonchev–Trinajstić information content (AvgIpc) is 3.03. The van der Waals surface area contributed by atoms with E-state index in [1.54, 1.807) is 21.3 Å². The third-order valence-corrected chi connectivity index (χ3v) is 3.72. The molecule has 3 rings (SSSR count). The van der Waals surface area contributed by atoms with Gasteiger partial charge < -0.3 is 24.9 Å². The lowest BCUT2D eigenvalue weighted by Crippen LogP contribution is -1.96. The number of benzene rings is 2. The molecule has 0 spiro atoms. The molecule has 2 aromatic carbocycles. The molecule has 0 atom stereocenters. The highest BCUT2D eigenvalue weighted by Crippen LogP contribution is 2.42. The van der Waals surface area contributed by atoms with Crippen LogP contribution in [0.3, 0.4) is 0 Å². The number of rotatable bonds is 5. The van der Waals surface area contributed by atoms with Crippen LogP contribution in [0.25, 0.3) is 22.5 Å². The number of nitrogen functional groups attached to an aromatic ring is 1. The molecule has 124 valence electrons. The molecule has 3 aromatic rings. The van der Waals surface area contributed by atoms with Crippen molar-refractivity contribution in [3.05, 3.63) is 42.5 Å². The minimum absolute atomic E-state index is 0.345. The Balaban J connectivity index is 2.20. The van der Waals surface area contributed by atoms with Crippen molar-refractivity contribution in [2.45, 2.75) is 0 Å². The molecule has 0 amide bonds. The first kappa shape index (κ1) is 15.7. The zero-order valence-electron chi connectivity index (χ0n) is 13.8. The molecular formula is C18H19N3O3. The lowest BCUT2D eigenvalue weighted by atomic mass is 10.0. The summed E-state index contributed by atoms with van der Waals surface area (Å²) >= 11 is 0. The van der Waals surface area contributed by atoms with Gasteiger partial charge in [-0.3, -0.25) is 0 Å². The number of H-pyrrole nitrogens is 1. The first-order valence-electron chi connectivity index (χ1n) is 7.39. The van der Waals surface area contributed by atoms with Crippen molar-refractivity contribution in [3.8, 4) is 39.8 Å². The third kappa shape index (κ3) is 2.74. The van der Waals surface area contributed by atoms with Crippen LogP contribution in [-0.2, 0) is 0 Å². The number of ether oxygens (including phenoxy) is 3. The van der Waals surface area contributed by atoms with Crippen LogP contribution in [0.15, 0.2) is 42.5 Å². The summed E-state index contributed by atoms with van der Waals surface area (Å²) in [4.78, 5) is 7.55. The van der Waals surface area contributed by atoms with E-state index in [2.05, 4.69) is 9.97 Å². The van der Waals surface area contributed by atoms with Crippen molar-refractivity contribution in [2.24, 2.45) is 0 Å². The number of nitrogens with zero attached hydrogens (tertiary/aromatic N) is 1. The summed E-state index contributed by atoms with van der Waals surface area (Å²) in [6.45, 7) is 0. The van der Waals surface area contributed by atoms with Gasteiger partial charge in [0.25, 0.3) is 0 Å². The van der Waals surface area contributed by atoms with Crippen LogP contribution in [0.5, 0.6) is 17.2 Å². The van der Waals surface area contributed by atoms with Crippen LogP contribution in [0.1, 0.15) is 0 Å². The van der Waals surface area contributed by atoms with Gasteiger partial charge in [-0.1, -0.05) is 30.3 Å². The van der Waals surface area contributed by atoms with Gasteiger partial charge in [-0.15, -0.1) is 0 Å². The van der Waals surface area contributed by atoms with Gasteiger partial charge in [-0.25, -0.2) is 4.98 Å². The van der Waals surface area contributed by atoms with Crippen LogP contribution < -0.4 is 19.9 Å². The Labute approximate surface area is 140 Å². The number of hydrogen-bond donors (Lipinski definition) is 2. The molecule has 0 fully saturated rings. The number of imidazole rings is 1. The van der Waals surface area contributed by atoms with E-state index in [1.807, 2.05) is 42.5 Å². The fourth-order valence-electron chi connectivity index (χ4n) is 2.63. The number of aromatic amines is 1. The summed E-state index contributed by atoms with van der Waals surface area (Å²) in [5.74, 6) is 2.01. The molecule has 1 heterocycles. The number of hydrogen-bond acceptors (Lipinski definition) is 5. The minimum Gasteiger partial charge on any atom is -0.493 e. The van der Waals surface area contributed by atoms with E-state index < -0.39 is 0 Å². The van der Waals surface area contributed by atoms with Gasteiger partial charge in [-0.05, 0) is 12.1 Å². The molecule has 0 aliphatic carbocycles. The Hall–Kier alpha value is -3.15. The maximum atomic E-state index is 5.90. The molecule has 0 aliphatic heterocycles. The lowest BCUT2D eigenvalue weighted by molar-refractivity contribution is 0.324. The maximum Gasteiger partial charge on any atom is 0.203 e. The number of methoxy groups -OCH3 is 3. The molecule has 6 heteroatoms. The average molecular weight is 325 g/mol. The van der Waals surface area contributed by atoms with Gasteiger partial charge in [0.2, 0.25) is 5.75 Å². The normalized spacial score (nSPS) is 10.5. The van der Waals surface area contributed by atoms with Gasteiger partial charge in [0.05, 0.1) is 32.7 Å². The fourth-order valence-corrected chi connectivity index (χ4v) is 2.63. The second kappa shape index (κ2) is 6.54. The summed E-state index contributed by atoms with van der Waals surface area (Å²) < 4.78 is 16.2. The molecule has 0 bridgehead atoms. The van der Waals surface area contributed by atoms with Gasteiger partial charge in [0.15, 0.2) is 17.4 Å². The Morgan fingerprint density at radius 1 is 0.875 bits per heavy atom. The fraction of sp³-hybridized carbons (Fsp3) is 0.167. The summed E-state index contributed by atoms with van der Waals surface area (Å²) in [6, 6.07) is 13.6. The highest BCUT2D eigenvalue weighted by Gasteiger charge is 2.19. The summed E-state index contributed by atoms with van der Waals surface area (Å²) in [5, 5.41) is 0. The molecular weight excluding hydrogens is 306 g/mol. The zero-order chi connectivity index (χ0) is 17.1. The number of nitrogens with two attached hydrogens (primary N) is 1. The smallest absolute Gasteiger partial charge is 0.203 e. The van der Waals surface area contributed by atoms with E-state index in [9.17, 15) is 0 Å². The van der Waals surface area contributed by atoms with Crippen LogP contribution in [-0.4, -0.2) is 31.3 Å². The van der Waals surface area contributed by atoms with E-state index >= 15 is 0 Å². The quantitative estimate of drug-likeness (QED) is 0.751. The van der Waals surface area contributed by atoms with E-state index in [0.717, 1.165) is 22.5 Å². The molecule has 0 unspecified atom stereocenters. The van der Waals surface area contributed by atoms with E-state index in [0.29, 0.717) is 23.2 Å². The minimum atomic E-state index is 0.345. The molecule has 6 nitrogen and oxygen atoms in total. The van der Waals surface area contributed by atoms with Gasteiger partial charge in [0.1, 0.15) is 0 Å². The second-order valence-electron chi connectivity index (χ2n) is 5.13. The molecule has 3 N–H and O–H groups in total. The Kier molecular flexibility index (Phi) is 4.29. The molecule has 24 heavy (non-hydrogen) atoms. The Morgan fingerprint density at radius 3 is 2.04 bits per heavy atom. The van der Waals surface area contributed by atoms with Crippen LogP contribution in [0.4, 0.5) is 5.95 Å². The third-order valence-electron chi connectivity index (χ3n) is 3.72. The van der Waals surface area contributed by atoms with Crippen molar-refractivity contribution in [1.82, 2.24) is 9.97 Å². The van der Waals surface area contributed by atoms with Crippen molar-refractivity contribution < 1.29 is 14.2 Å². The predicted molar refractivity (Wildman–Crippen MR) is 93.5 cm³/mol. The number of aromatic nitrogens is 2. The van der Waals surface area contributed by atoms with Crippen LogP contribution >= 0.6 is 0 Å². The van der Waals surface area contributed by atoms with Crippen molar-refractivity contribution >= 4 is 5.95 Å². The van der Waals surface area contributed by atoms with Crippen molar-refractivity contribution in [1.29, 1.82) is 0 Å². The monoisotopic (exact) mass is 325 g/mol. The van der Waals surface area contributed by atoms with E-state index in [4.69, 9.17) is 19.9 Å². The topological polar surface area (TPSA) is 82.4 Å². The van der Waals surface area contributed by atoms with E-state index in [-0.39, 0.29) is 0 Å². The first-order chi connectivity index (χ1) is 11.7. The number of nitrogens with one attached hydrogen (secondary N) is 1. The Morgan fingerprint density at radius 2 is 1.50 bits per heavy atom. The summed E-state index contributed by atoms with van der Waals surface area (Å²) in [6.07, 6.45) is 0. The van der Waals surface area contributed by atoms with E-state index in [1.165, 1.54) is 0 Å². The zero-order valence-corrected chi connectivity index (χ0v) is 13.8. The summed E-state index contributed by atoms with van der Waals surface area (Å²) in [5.41, 5.74) is 9.26. The highest BCUT2D eigenvalue weighted by molar-refractivity contribution is 5.82. The van der Waals surface area contributed by atoms with Gasteiger partial charge in [-0.2, -0.15) is 0 Å². The second-order valence-corrected chi connectivity index (χ2v) is 5.13. The van der Waals surface area contributed by atoms with Crippen molar-refractivity contribution in [2.75, 3.05) is 27.1 Å². The molecule has 0 aliphatic rings. The summed E-state index contributed by atoms with van der Waals surface area (Å²) in [7, 11) is 4.73.